The van der Waals surface area contributed by atoms with Crippen LogP contribution in [-0.4, -0.2) is 57.7 Å². The Labute approximate surface area is 165 Å². The molecule has 0 aromatic carbocycles. The Balaban J connectivity index is 0.00000225. The van der Waals surface area contributed by atoms with Gasteiger partial charge in [0.25, 0.3) is 0 Å². The van der Waals surface area contributed by atoms with Gasteiger partial charge in [0.05, 0.1) is 6.54 Å². The molecule has 140 valence electrons. The standard InChI is InChI=1S/C16H27N7O.HI/c1-3-15(24)22-9-7-12(11-22)19-16(17-2)18-10-14-21-20-13-6-4-5-8-23(13)14;/h12H,3-11H2,1-2H3,(H2,17,18,19);1H. The van der Waals surface area contributed by atoms with Crippen LogP contribution < -0.4 is 10.6 Å². The van der Waals surface area contributed by atoms with E-state index >= 15 is 0 Å². The van der Waals surface area contributed by atoms with E-state index in [0.29, 0.717) is 13.0 Å². The molecule has 1 aromatic rings. The van der Waals surface area contributed by atoms with E-state index in [1.165, 1.54) is 12.8 Å². The van der Waals surface area contributed by atoms with Gasteiger partial charge < -0.3 is 20.1 Å². The summed E-state index contributed by atoms with van der Waals surface area (Å²) in [5, 5.41) is 15.3. The van der Waals surface area contributed by atoms with Gasteiger partial charge in [-0.05, 0) is 19.3 Å². The first-order valence-corrected chi connectivity index (χ1v) is 8.87. The minimum atomic E-state index is 0. The van der Waals surface area contributed by atoms with Gasteiger partial charge in [-0.25, -0.2) is 0 Å². The van der Waals surface area contributed by atoms with Crippen LogP contribution in [0.4, 0.5) is 0 Å². The first-order valence-electron chi connectivity index (χ1n) is 8.87. The number of guanidine groups is 1. The number of fused-ring (bicyclic) bond motifs is 1. The van der Waals surface area contributed by atoms with E-state index in [2.05, 4.69) is 30.4 Å². The van der Waals surface area contributed by atoms with Crippen LogP contribution in [0.2, 0.25) is 0 Å². The van der Waals surface area contributed by atoms with E-state index in [1.807, 2.05) is 11.8 Å². The van der Waals surface area contributed by atoms with Gasteiger partial charge in [0, 0.05) is 45.6 Å². The molecule has 2 aliphatic rings. The zero-order valence-corrected chi connectivity index (χ0v) is 17.3. The van der Waals surface area contributed by atoms with Crippen LogP contribution >= 0.6 is 24.0 Å². The number of nitrogens with one attached hydrogen (secondary N) is 2. The average molecular weight is 461 g/mol. The molecule has 1 aromatic heterocycles. The summed E-state index contributed by atoms with van der Waals surface area (Å²) < 4.78 is 2.21. The molecule has 0 bridgehead atoms. The third kappa shape index (κ3) is 4.83. The van der Waals surface area contributed by atoms with E-state index in [-0.39, 0.29) is 35.9 Å². The quantitative estimate of drug-likeness (QED) is 0.396. The minimum Gasteiger partial charge on any atom is -0.352 e. The zero-order valence-electron chi connectivity index (χ0n) is 15.0. The molecule has 8 nitrogen and oxygen atoms in total. The van der Waals surface area contributed by atoms with Gasteiger partial charge in [-0.2, -0.15) is 0 Å². The maximum atomic E-state index is 11.8. The lowest BCUT2D eigenvalue weighted by atomic mass is 10.2. The van der Waals surface area contributed by atoms with Crippen molar-refractivity contribution in [2.75, 3.05) is 20.1 Å². The number of aromatic nitrogens is 3. The highest BCUT2D eigenvalue weighted by Crippen LogP contribution is 2.14. The zero-order chi connectivity index (χ0) is 16.9. The van der Waals surface area contributed by atoms with E-state index in [1.54, 1.807) is 7.05 Å². The second-order valence-corrected chi connectivity index (χ2v) is 6.39. The number of hydrogen-bond acceptors (Lipinski definition) is 4. The fraction of sp³-hybridized carbons (Fsp3) is 0.750. The summed E-state index contributed by atoms with van der Waals surface area (Å²) in [4.78, 5) is 18.0. The van der Waals surface area contributed by atoms with Crippen molar-refractivity contribution >= 4 is 35.8 Å². The number of carbonyl (C=O) groups is 1. The molecule has 0 saturated carbocycles. The van der Waals surface area contributed by atoms with Crippen molar-refractivity contribution in [2.45, 2.75) is 58.2 Å². The molecule has 0 radical (unpaired) electrons. The number of aryl methyl sites for hydroxylation is 1. The van der Waals surface area contributed by atoms with Crippen molar-refractivity contribution in [1.29, 1.82) is 0 Å². The number of likely N-dealkylation sites (tertiary alicyclic amines) is 1. The smallest absolute Gasteiger partial charge is 0.222 e. The van der Waals surface area contributed by atoms with Gasteiger partial charge in [-0.3, -0.25) is 9.79 Å². The number of amides is 1. The molecule has 2 aliphatic heterocycles. The molecular formula is C16H28IN7O. The first kappa shape index (κ1) is 19.9. The van der Waals surface area contributed by atoms with Crippen LogP contribution in [0, 0.1) is 0 Å². The molecule has 1 saturated heterocycles. The summed E-state index contributed by atoms with van der Waals surface area (Å²) in [6.07, 6.45) is 4.92. The molecule has 1 atom stereocenters. The van der Waals surface area contributed by atoms with Gasteiger partial charge >= 0.3 is 0 Å². The van der Waals surface area contributed by atoms with Crippen molar-refractivity contribution in [3.8, 4) is 0 Å². The first-order chi connectivity index (χ1) is 11.7. The Morgan fingerprint density at radius 3 is 2.92 bits per heavy atom. The Hall–Kier alpha value is -1.39. The summed E-state index contributed by atoms with van der Waals surface area (Å²) in [5.41, 5.74) is 0. The normalized spacial score (nSPS) is 20.0. The third-order valence-corrected chi connectivity index (χ3v) is 4.76. The van der Waals surface area contributed by atoms with Crippen molar-refractivity contribution in [2.24, 2.45) is 4.99 Å². The molecule has 3 heterocycles. The fourth-order valence-corrected chi connectivity index (χ4v) is 3.38. The van der Waals surface area contributed by atoms with E-state index in [9.17, 15) is 4.79 Å². The maximum Gasteiger partial charge on any atom is 0.222 e. The van der Waals surface area contributed by atoms with Gasteiger partial charge in [-0.15, -0.1) is 34.2 Å². The van der Waals surface area contributed by atoms with Crippen LogP contribution in [0.5, 0.6) is 0 Å². The van der Waals surface area contributed by atoms with Gasteiger partial charge in [0.1, 0.15) is 5.82 Å². The molecule has 0 aliphatic carbocycles. The van der Waals surface area contributed by atoms with Crippen LogP contribution in [0.25, 0.3) is 0 Å². The Morgan fingerprint density at radius 2 is 2.16 bits per heavy atom. The van der Waals surface area contributed by atoms with E-state index in [0.717, 1.165) is 50.1 Å². The number of carbonyl (C=O) groups excluding carboxylic acids is 1. The summed E-state index contributed by atoms with van der Waals surface area (Å²) in [5.74, 6) is 3.02. The maximum absolute atomic E-state index is 11.8. The molecule has 1 unspecified atom stereocenters. The van der Waals surface area contributed by atoms with Crippen molar-refractivity contribution in [1.82, 2.24) is 30.3 Å². The highest BCUT2D eigenvalue weighted by atomic mass is 127. The SMILES string of the molecule is CCC(=O)N1CCC(NC(=NC)NCc2nnc3n2CCCC3)C1.I. The minimum absolute atomic E-state index is 0. The summed E-state index contributed by atoms with van der Waals surface area (Å²) in [6.45, 7) is 5.08. The highest BCUT2D eigenvalue weighted by molar-refractivity contribution is 14.0. The van der Waals surface area contributed by atoms with Crippen LogP contribution in [-0.2, 0) is 24.3 Å². The third-order valence-electron chi connectivity index (χ3n) is 4.76. The lowest BCUT2D eigenvalue weighted by Crippen LogP contribution is -2.45. The van der Waals surface area contributed by atoms with Gasteiger partial charge in [0.15, 0.2) is 11.8 Å². The largest absolute Gasteiger partial charge is 0.352 e. The Kier molecular flexibility index (Phi) is 7.45. The molecule has 1 amide bonds. The second-order valence-electron chi connectivity index (χ2n) is 6.39. The van der Waals surface area contributed by atoms with Crippen LogP contribution in [0.1, 0.15) is 44.3 Å². The lowest BCUT2D eigenvalue weighted by Gasteiger charge is -2.19. The predicted molar refractivity (Wildman–Crippen MR) is 107 cm³/mol. The predicted octanol–water partition coefficient (Wildman–Crippen LogP) is 0.908. The Morgan fingerprint density at radius 1 is 1.32 bits per heavy atom. The molecule has 0 spiro atoms. The van der Waals surface area contributed by atoms with Crippen LogP contribution in [0.3, 0.4) is 0 Å². The fourth-order valence-electron chi connectivity index (χ4n) is 3.38. The topological polar surface area (TPSA) is 87.4 Å². The van der Waals surface area contributed by atoms with Gasteiger partial charge in [-0.1, -0.05) is 6.92 Å². The monoisotopic (exact) mass is 461 g/mol. The average Bonchev–Trinajstić information content (AvgIpc) is 3.25. The van der Waals surface area contributed by atoms with E-state index in [4.69, 9.17) is 0 Å². The number of rotatable bonds is 4. The second kappa shape index (κ2) is 9.35. The summed E-state index contributed by atoms with van der Waals surface area (Å²) in [6, 6.07) is 0.249. The molecule has 9 heteroatoms. The molecule has 25 heavy (non-hydrogen) atoms. The summed E-state index contributed by atoms with van der Waals surface area (Å²) in [7, 11) is 1.76. The number of aliphatic imine (C=N–C) groups is 1. The van der Waals surface area contributed by atoms with E-state index < -0.39 is 0 Å². The lowest BCUT2D eigenvalue weighted by molar-refractivity contribution is -0.129. The highest BCUT2D eigenvalue weighted by Gasteiger charge is 2.26. The molecule has 3 rings (SSSR count). The van der Waals surface area contributed by atoms with Crippen molar-refractivity contribution < 1.29 is 4.79 Å². The van der Waals surface area contributed by atoms with Crippen LogP contribution in [0.15, 0.2) is 4.99 Å². The molecular weight excluding hydrogens is 433 g/mol. The number of nitrogens with zero attached hydrogens (tertiary/aromatic N) is 5. The number of hydrogen-bond donors (Lipinski definition) is 2. The summed E-state index contributed by atoms with van der Waals surface area (Å²) >= 11 is 0. The van der Waals surface area contributed by atoms with Gasteiger partial charge in [0.2, 0.25) is 5.91 Å². The van der Waals surface area contributed by atoms with Crippen molar-refractivity contribution in [3.05, 3.63) is 11.6 Å². The Bertz CT molecular complexity index is 616. The molecule has 1 fully saturated rings. The number of halogens is 1. The molecule has 2 N–H and O–H groups in total. The van der Waals surface area contributed by atoms with Crippen molar-refractivity contribution in [3.63, 3.8) is 0 Å².